The lowest BCUT2D eigenvalue weighted by Gasteiger charge is -2.15. The van der Waals surface area contributed by atoms with Crippen molar-refractivity contribution in [2.24, 2.45) is 0 Å². The number of hydrogen-bond donors (Lipinski definition) is 4. The van der Waals surface area contributed by atoms with Crippen molar-refractivity contribution in [3.63, 3.8) is 0 Å². The monoisotopic (exact) mass is 474 g/mol. The summed E-state index contributed by atoms with van der Waals surface area (Å²) in [5, 5.41) is 7.24. The zero-order valence-corrected chi connectivity index (χ0v) is 19.4. The van der Waals surface area contributed by atoms with E-state index in [1.807, 2.05) is 64.4 Å². The fourth-order valence-electron chi connectivity index (χ4n) is 3.69. The lowest BCUT2D eigenvalue weighted by molar-refractivity contribution is 0.0935. The van der Waals surface area contributed by atoms with Crippen LogP contribution in [0.2, 0.25) is 0 Å². The zero-order chi connectivity index (χ0) is 24.9. The molecule has 35 heavy (non-hydrogen) atoms. The van der Waals surface area contributed by atoms with Crippen molar-refractivity contribution in [3.05, 3.63) is 98.6 Å². The highest BCUT2D eigenvalue weighted by Crippen LogP contribution is 2.23. The second-order valence-corrected chi connectivity index (χ2v) is 8.11. The molecule has 2 aromatic heterocycles. The number of aryl methyl sites for hydroxylation is 2. The molecule has 0 saturated carbocycles. The third-order valence-electron chi connectivity index (χ3n) is 5.70. The number of aromatic amines is 2. The first kappa shape index (κ1) is 23.6. The largest absolute Gasteiger partial charge is 0.497 e. The Hall–Kier alpha value is -4.60. The smallest absolute Gasteiger partial charge is 0.326 e. The lowest BCUT2D eigenvalue weighted by Crippen LogP contribution is -2.34. The molecule has 0 saturated heterocycles. The molecule has 4 aromatic rings. The average Bonchev–Trinajstić information content (AvgIpc) is 3.34. The highest BCUT2D eigenvalue weighted by molar-refractivity contribution is 5.97. The highest BCUT2D eigenvalue weighted by atomic mass is 16.5. The predicted octanol–water partition coefficient (Wildman–Crippen LogP) is 2.25. The van der Waals surface area contributed by atoms with E-state index < -0.39 is 23.2 Å². The molecule has 1 atom stereocenters. The Morgan fingerprint density at radius 2 is 1.91 bits per heavy atom. The van der Waals surface area contributed by atoms with Crippen LogP contribution in [0.1, 0.15) is 34.6 Å². The quantitative estimate of drug-likeness (QED) is 0.308. The van der Waals surface area contributed by atoms with Gasteiger partial charge < -0.3 is 20.8 Å². The Balaban J connectivity index is 1.44. The SMILES string of the molecule is COc1ccc(CCn2cc(-c3cccc([C@@H](C)NC(=O)c4[nH]c(=O)[nH]c(=O)c4N)c3)cn2)cc1. The molecule has 180 valence electrons. The van der Waals surface area contributed by atoms with E-state index in [1.165, 1.54) is 5.56 Å². The molecule has 10 heteroatoms. The molecule has 1 amide bonds. The van der Waals surface area contributed by atoms with E-state index in [0.717, 1.165) is 35.4 Å². The van der Waals surface area contributed by atoms with Crippen molar-refractivity contribution >= 4 is 11.6 Å². The third kappa shape index (κ3) is 5.49. The summed E-state index contributed by atoms with van der Waals surface area (Å²) in [4.78, 5) is 40.1. The summed E-state index contributed by atoms with van der Waals surface area (Å²) in [6, 6.07) is 15.3. The minimum atomic E-state index is -0.808. The number of nitrogens with zero attached hydrogens (tertiary/aromatic N) is 2. The highest BCUT2D eigenvalue weighted by Gasteiger charge is 2.17. The second kappa shape index (κ2) is 10.1. The van der Waals surface area contributed by atoms with Gasteiger partial charge in [0, 0.05) is 18.3 Å². The number of carbonyl (C=O) groups is 1. The third-order valence-corrected chi connectivity index (χ3v) is 5.70. The molecule has 5 N–H and O–H groups in total. The normalized spacial score (nSPS) is 11.7. The van der Waals surface area contributed by atoms with E-state index in [-0.39, 0.29) is 11.4 Å². The Morgan fingerprint density at radius 3 is 2.66 bits per heavy atom. The van der Waals surface area contributed by atoms with E-state index in [2.05, 4.69) is 15.4 Å². The first-order chi connectivity index (χ1) is 16.8. The summed E-state index contributed by atoms with van der Waals surface area (Å²) >= 11 is 0. The number of methoxy groups -OCH3 is 1. The maximum Gasteiger partial charge on any atom is 0.326 e. The first-order valence-corrected chi connectivity index (χ1v) is 11.0. The number of rotatable bonds is 8. The summed E-state index contributed by atoms with van der Waals surface area (Å²) in [5.74, 6) is 0.185. The Kier molecular flexibility index (Phi) is 6.81. The molecule has 0 fully saturated rings. The number of nitrogens with one attached hydrogen (secondary N) is 3. The zero-order valence-electron chi connectivity index (χ0n) is 19.4. The predicted molar refractivity (Wildman–Crippen MR) is 132 cm³/mol. The molecule has 0 aliphatic carbocycles. The van der Waals surface area contributed by atoms with Gasteiger partial charge in [0.15, 0.2) is 0 Å². The fraction of sp³-hybridized carbons (Fsp3) is 0.200. The van der Waals surface area contributed by atoms with Crippen LogP contribution in [-0.4, -0.2) is 32.8 Å². The molecule has 4 rings (SSSR count). The van der Waals surface area contributed by atoms with E-state index in [9.17, 15) is 14.4 Å². The van der Waals surface area contributed by atoms with Gasteiger partial charge in [0.05, 0.1) is 19.3 Å². The Labute approximate surface area is 200 Å². The topological polar surface area (TPSA) is 148 Å². The molecule has 0 radical (unpaired) electrons. The number of nitrogens with two attached hydrogens (primary N) is 1. The molecule has 2 heterocycles. The average molecular weight is 475 g/mol. The van der Waals surface area contributed by atoms with E-state index in [0.29, 0.717) is 0 Å². The van der Waals surface area contributed by atoms with Crippen molar-refractivity contribution in [1.82, 2.24) is 25.1 Å². The molecule has 0 aliphatic heterocycles. The minimum absolute atomic E-state index is 0.264. The van der Waals surface area contributed by atoms with Gasteiger partial charge in [-0.1, -0.05) is 30.3 Å². The van der Waals surface area contributed by atoms with Gasteiger partial charge in [0.2, 0.25) is 0 Å². The summed E-state index contributed by atoms with van der Waals surface area (Å²) < 4.78 is 7.09. The van der Waals surface area contributed by atoms with Crippen LogP contribution in [0.3, 0.4) is 0 Å². The number of hydrogen-bond acceptors (Lipinski definition) is 6. The number of benzene rings is 2. The molecule has 0 bridgehead atoms. The van der Waals surface area contributed by atoms with E-state index in [4.69, 9.17) is 10.5 Å². The maximum absolute atomic E-state index is 12.6. The van der Waals surface area contributed by atoms with Gasteiger partial charge >= 0.3 is 5.69 Å². The molecular formula is C25H26N6O4. The van der Waals surface area contributed by atoms with Crippen LogP contribution in [-0.2, 0) is 13.0 Å². The molecule has 10 nitrogen and oxygen atoms in total. The van der Waals surface area contributed by atoms with E-state index in [1.54, 1.807) is 20.2 Å². The molecule has 0 unspecified atom stereocenters. The second-order valence-electron chi connectivity index (χ2n) is 8.11. The molecule has 0 aliphatic rings. The number of ether oxygens (including phenoxy) is 1. The van der Waals surface area contributed by atoms with Crippen molar-refractivity contribution in [2.45, 2.75) is 25.9 Å². The summed E-state index contributed by atoms with van der Waals surface area (Å²) in [5.41, 5.74) is 7.37. The Bertz CT molecular complexity index is 1450. The first-order valence-electron chi connectivity index (χ1n) is 11.0. The van der Waals surface area contributed by atoms with Crippen LogP contribution < -0.4 is 27.0 Å². The molecular weight excluding hydrogens is 448 g/mol. The van der Waals surface area contributed by atoms with Crippen molar-refractivity contribution in [1.29, 1.82) is 0 Å². The summed E-state index contributed by atoms with van der Waals surface area (Å²) in [7, 11) is 1.65. The van der Waals surface area contributed by atoms with Gasteiger partial charge in [0.25, 0.3) is 11.5 Å². The number of aromatic nitrogens is 4. The van der Waals surface area contributed by atoms with Crippen molar-refractivity contribution in [2.75, 3.05) is 12.8 Å². The number of anilines is 1. The van der Waals surface area contributed by atoms with Crippen molar-refractivity contribution in [3.8, 4) is 16.9 Å². The maximum atomic E-state index is 12.6. The van der Waals surface area contributed by atoms with Crippen LogP contribution in [0.4, 0.5) is 5.69 Å². The number of H-pyrrole nitrogens is 2. The van der Waals surface area contributed by atoms with Gasteiger partial charge in [-0.25, -0.2) is 4.79 Å². The van der Waals surface area contributed by atoms with Gasteiger partial charge in [-0.2, -0.15) is 5.10 Å². The van der Waals surface area contributed by atoms with Crippen LogP contribution >= 0.6 is 0 Å². The summed E-state index contributed by atoms with van der Waals surface area (Å²) in [6.45, 7) is 2.53. The van der Waals surface area contributed by atoms with Crippen molar-refractivity contribution < 1.29 is 9.53 Å². The summed E-state index contributed by atoms with van der Waals surface area (Å²) in [6.07, 6.45) is 4.62. The van der Waals surface area contributed by atoms with Gasteiger partial charge in [-0.15, -0.1) is 0 Å². The number of amides is 1. The van der Waals surface area contributed by atoms with Crippen LogP contribution in [0.5, 0.6) is 5.75 Å². The van der Waals surface area contributed by atoms with Gasteiger partial charge in [-0.05, 0) is 48.2 Å². The molecule has 2 aromatic carbocycles. The van der Waals surface area contributed by atoms with Crippen LogP contribution in [0.15, 0.2) is 70.5 Å². The van der Waals surface area contributed by atoms with Gasteiger partial charge in [-0.3, -0.25) is 19.3 Å². The lowest BCUT2D eigenvalue weighted by atomic mass is 10.0. The van der Waals surface area contributed by atoms with Gasteiger partial charge in [0.1, 0.15) is 17.1 Å². The minimum Gasteiger partial charge on any atom is -0.497 e. The number of nitrogen functional groups attached to an aromatic ring is 1. The fourth-order valence-corrected chi connectivity index (χ4v) is 3.69. The number of carbonyl (C=O) groups excluding carboxylic acids is 1. The molecule has 0 spiro atoms. The van der Waals surface area contributed by atoms with E-state index >= 15 is 0 Å². The Morgan fingerprint density at radius 1 is 1.14 bits per heavy atom. The van der Waals surface area contributed by atoms with Crippen LogP contribution in [0.25, 0.3) is 11.1 Å². The van der Waals surface area contributed by atoms with Crippen LogP contribution in [0, 0.1) is 0 Å². The standard InChI is InChI=1S/C25H26N6O4/c1-15(28-24(33)22-21(26)23(32)30-25(34)29-22)17-4-3-5-18(12-17)19-13-27-31(14-19)11-10-16-6-8-20(35-2)9-7-16/h3-9,12-15H,10-11,26H2,1-2H3,(H,28,33)(H2,29,30,32,34)/t15-/m1/s1.